The van der Waals surface area contributed by atoms with E-state index in [0.717, 1.165) is 25.7 Å². The highest BCUT2D eigenvalue weighted by molar-refractivity contribution is 5.68. The molecule has 0 radical (unpaired) electrons. The summed E-state index contributed by atoms with van der Waals surface area (Å²) in [6, 6.07) is 0. The number of carbonyl (C=O) groups excluding carboxylic acids is 4. The topological polar surface area (TPSA) is 114 Å². The van der Waals surface area contributed by atoms with Crippen LogP contribution >= 0.6 is 0 Å². The van der Waals surface area contributed by atoms with Crippen LogP contribution in [0.25, 0.3) is 0 Å². The summed E-state index contributed by atoms with van der Waals surface area (Å²) < 4.78 is 27.5. The molecule has 1 aliphatic heterocycles. The summed E-state index contributed by atoms with van der Waals surface area (Å²) in [6.07, 6.45) is 3.62. The Kier molecular flexibility index (Phi) is 12.9. The first-order valence-electron chi connectivity index (χ1n) is 11.5. The highest BCUT2D eigenvalue weighted by Gasteiger charge is 2.51. The molecule has 32 heavy (non-hydrogen) atoms. The summed E-state index contributed by atoms with van der Waals surface area (Å²) in [7, 11) is 0. The second-order valence-corrected chi connectivity index (χ2v) is 8.15. The fraction of sp³-hybridized carbons (Fsp3) is 0.826. The van der Waals surface area contributed by atoms with Crippen molar-refractivity contribution in [1.29, 1.82) is 0 Å². The van der Waals surface area contributed by atoms with Crippen LogP contribution in [0.2, 0.25) is 0 Å². The lowest BCUT2D eigenvalue weighted by Crippen LogP contribution is -2.62. The summed E-state index contributed by atoms with van der Waals surface area (Å²) in [4.78, 5) is 46.7. The second kappa shape index (κ2) is 14.8. The van der Waals surface area contributed by atoms with Gasteiger partial charge in [-0.15, -0.1) is 0 Å². The minimum absolute atomic E-state index is 0.189. The van der Waals surface area contributed by atoms with E-state index in [2.05, 4.69) is 6.92 Å². The second-order valence-electron chi connectivity index (χ2n) is 8.15. The molecule has 1 saturated heterocycles. The van der Waals surface area contributed by atoms with Crippen LogP contribution in [0.15, 0.2) is 0 Å². The number of unbranched alkanes of at least 4 members (excludes halogenated alkanes) is 6. The Bertz CT molecular complexity index is 619. The Labute approximate surface area is 190 Å². The molecular formula is C23H38O9. The largest absolute Gasteiger partial charge is 0.463 e. The maximum Gasteiger partial charge on any atom is 0.303 e. The van der Waals surface area contributed by atoms with Gasteiger partial charge in [-0.3, -0.25) is 19.2 Å². The van der Waals surface area contributed by atoms with Gasteiger partial charge in [-0.25, -0.2) is 0 Å². The average molecular weight is 459 g/mol. The van der Waals surface area contributed by atoms with Crippen molar-refractivity contribution in [3.05, 3.63) is 0 Å². The molecule has 184 valence electrons. The molecule has 9 heteroatoms. The maximum absolute atomic E-state index is 11.8. The normalized spacial score (nSPS) is 25.0. The molecule has 0 amide bonds. The molecule has 9 nitrogen and oxygen atoms in total. The fourth-order valence-corrected chi connectivity index (χ4v) is 3.85. The van der Waals surface area contributed by atoms with E-state index >= 15 is 0 Å². The van der Waals surface area contributed by atoms with E-state index in [1.165, 1.54) is 47.0 Å². The Balaban J connectivity index is 3.01. The molecule has 1 heterocycles. The summed E-state index contributed by atoms with van der Waals surface area (Å²) in [6.45, 7) is 6.92. The van der Waals surface area contributed by atoms with Gasteiger partial charge in [0.1, 0.15) is 12.7 Å². The van der Waals surface area contributed by atoms with Gasteiger partial charge in [0, 0.05) is 27.7 Å². The van der Waals surface area contributed by atoms with Crippen molar-refractivity contribution in [3.8, 4) is 0 Å². The van der Waals surface area contributed by atoms with E-state index in [9.17, 15) is 19.2 Å². The zero-order valence-corrected chi connectivity index (χ0v) is 19.9. The quantitative estimate of drug-likeness (QED) is 0.233. The number of hydrogen-bond acceptors (Lipinski definition) is 9. The van der Waals surface area contributed by atoms with Gasteiger partial charge in [-0.05, 0) is 6.42 Å². The summed E-state index contributed by atoms with van der Waals surface area (Å²) in [5.74, 6) is -2.34. The van der Waals surface area contributed by atoms with Crippen molar-refractivity contribution in [2.24, 2.45) is 0 Å². The van der Waals surface area contributed by atoms with Gasteiger partial charge in [0.15, 0.2) is 18.3 Å². The van der Waals surface area contributed by atoms with E-state index in [1.54, 1.807) is 0 Å². The standard InChI is InChI=1S/C23H38O9/c1-6-7-8-9-10-11-12-13-19-21(29-16(3)25)23(31-18(5)27)22(30-17(4)26)20(32-19)14-28-15(2)24/h19-23H,6-14H2,1-5H3/t19?,20-,21+,22+,23-/m1/s1. The number of esters is 4. The molecule has 0 saturated carbocycles. The third-order valence-electron chi connectivity index (χ3n) is 5.18. The minimum Gasteiger partial charge on any atom is -0.463 e. The summed E-state index contributed by atoms with van der Waals surface area (Å²) in [5, 5.41) is 0. The first-order valence-corrected chi connectivity index (χ1v) is 11.5. The zero-order chi connectivity index (χ0) is 24.1. The molecule has 1 aliphatic rings. The van der Waals surface area contributed by atoms with E-state index in [1.807, 2.05) is 0 Å². The van der Waals surface area contributed by atoms with Gasteiger partial charge in [-0.1, -0.05) is 51.9 Å². The molecular weight excluding hydrogens is 420 g/mol. The molecule has 0 bridgehead atoms. The predicted octanol–water partition coefficient (Wildman–Crippen LogP) is 3.25. The van der Waals surface area contributed by atoms with Crippen LogP contribution < -0.4 is 0 Å². The summed E-state index contributed by atoms with van der Waals surface area (Å²) >= 11 is 0. The lowest BCUT2D eigenvalue weighted by Gasteiger charge is -2.44. The molecule has 1 rings (SSSR count). The SMILES string of the molecule is CCCCCCCCCC1O[C@H](COC(C)=O)[C@H](OC(C)=O)[C@H](OC(C)=O)[C@H]1OC(C)=O. The van der Waals surface area contributed by atoms with Gasteiger partial charge in [0.05, 0.1) is 6.10 Å². The lowest BCUT2D eigenvalue weighted by molar-refractivity contribution is -0.253. The van der Waals surface area contributed by atoms with Gasteiger partial charge >= 0.3 is 23.9 Å². The van der Waals surface area contributed by atoms with Crippen molar-refractivity contribution in [2.75, 3.05) is 6.61 Å². The molecule has 1 unspecified atom stereocenters. The van der Waals surface area contributed by atoms with Crippen molar-refractivity contribution in [1.82, 2.24) is 0 Å². The average Bonchev–Trinajstić information content (AvgIpc) is 2.68. The predicted molar refractivity (Wildman–Crippen MR) is 115 cm³/mol. The minimum atomic E-state index is -1.09. The monoisotopic (exact) mass is 458 g/mol. The van der Waals surface area contributed by atoms with E-state index in [0.29, 0.717) is 6.42 Å². The third-order valence-corrected chi connectivity index (χ3v) is 5.18. The Morgan fingerprint density at radius 3 is 1.59 bits per heavy atom. The van der Waals surface area contributed by atoms with Crippen molar-refractivity contribution in [3.63, 3.8) is 0 Å². The summed E-state index contributed by atoms with van der Waals surface area (Å²) in [5.41, 5.74) is 0. The van der Waals surface area contributed by atoms with Crippen LogP contribution in [0.4, 0.5) is 0 Å². The van der Waals surface area contributed by atoms with Crippen molar-refractivity contribution < 1.29 is 42.9 Å². The van der Waals surface area contributed by atoms with Gasteiger partial charge in [0.2, 0.25) is 0 Å². The van der Waals surface area contributed by atoms with E-state index in [-0.39, 0.29) is 6.61 Å². The first kappa shape index (κ1) is 27.9. The van der Waals surface area contributed by atoms with Crippen molar-refractivity contribution >= 4 is 23.9 Å². The van der Waals surface area contributed by atoms with Crippen LogP contribution in [-0.2, 0) is 42.9 Å². The number of rotatable bonds is 13. The van der Waals surface area contributed by atoms with Gasteiger partial charge in [-0.2, -0.15) is 0 Å². The number of ether oxygens (including phenoxy) is 5. The zero-order valence-electron chi connectivity index (χ0n) is 19.9. The third kappa shape index (κ3) is 10.4. The Hall–Kier alpha value is -2.16. The van der Waals surface area contributed by atoms with Crippen LogP contribution in [0.1, 0.15) is 86.0 Å². The molecule has 1 fully saturated rings. The molecule has 0 aromatic rings. The number of carbonyl (C=O) groups is 4. The maximum atomic E-state index is 11.8. The lowest BCUT2D eigenvalue weighted by atomic mass is 9.91. The molecule has 5 atom stereocenters. The fourth-order valence-electron chi connectivity index (χ4n) is 3.85. The first-order chi connectivity index (χ1) is 15.1. The van der Waals surface area contributed by atoms with Gasteiger partial charge < -0.3 is 23.7 Å². The molecule has 0 aliphatic carbocycles. The van der Waals surface area contributed by atoms with E-state index < -0.39 is 54.4 Å². The molecule has 0 aromatic carbocycles. The molecule has 0 aromatic heterocycles. The van der Waals surface area contributed by atoms with Crippen LogP contribution in [0.3, 0.4) is 0 Å². The molecule has 0 N–H and O–H groups in total. The van der Waals surface area contributed by atoms with Crippen LogP contribution in [0.5, 0.6) is 0 Å². The smallest absolute Gasteiger partial charge is 0.303 e. The highest BCUT2D eigenvalue weighted by Crippen LogP contribution is 2.31. The molecule has 0 spiro atoms. The number of hydrogen-bond donors (Lipinski definition) is 0. The Morgan fingerprint density at radius 1 is 0.625 bits per heavy atom. The van der Waals surface area contributed by atoms with Crippen LogP contribution in [0, 0.1) is 0 Å². The van der Waals surface area contributed by atoms with Gasteiger partial charge in [0.25, 0.3) is 0 Å². The van der Waals surface area contributed by atoms with E-state index in [4.69, 9.17) is 23.7 Å². The van der Waals surface area contributed by atoms with Crippen LogP contribution in [-0.4, -0.2) is 61.0 Å². The highest BCUT2D eigenvalue weighted by atomic mass is 16.7. The van der Waals surface area contributed by atoms with Crippen molar-refractivity contribution in [2.45, 2.75) is 117 Å². The Morgan fingerprint density at radius 2 is 1.09 bits per heavy atom.